The number of halogens is 2. The Morgan fingerprint density at radius 2 is 1.82 bits per heavy atom. The van der Waals surface area contributed by atoms with Crippen molar-refractivity contribution in [2.75, 3.05) is 0 Å². The largest absolute Gasteiger partial charge is 0.507 e. The van der Waals surface area contributed by atoms with Crippen LogP contribution >= 0.6 is 23.2 Å². The Hall–Kier alpha value is -3.35. The first-order chi connectivity index (χ1) is 16.3. The summed E-state index contributed by atoms with van der Waals surface area (Å²) in [4.78, 5) is 31.8. The van der Waals surface area contributed by atoms with Gasteiger partial charge in [-0.05, 0) is 67.4 Å². The van der Waals surface area contributed by atoms with E-state index in [4.69, 9.17) is 27.9 Å². The van der Waals surface area contributed by atoms with Crippen LogP contribution in [0.15, 0.2) is 72.6 Å². The highest BCUT2D eigenvalue weighted by Gasteiger charge is 2.46. The summed E-state index contributed by atoms with van der Waals surface area (Å²) in [6.07, 6.45) is 3.24. The summed E-state index contributed by atoms with van der Waals surface area (Å²) in [6.45, 7) is 3.95. The fourth-order valence-electron chi connectivity index (χ4n) is 3.88. The zero-order valence-corrected chi connectivity index (χ0v) is 20.0. The lowest BCUT2D eigenvalue weighted by atomic mass is 9.95. The van der Waals surface area contributed by atoms with Gasteiger partial charge in [-0.15, -0.1) is 0 Å². The van der Waals surface area contributed by atoms with Gasteiger partial charge in [-0.2, -0.15) is 0 Å². The highest BCUT2D eigenvalue weighted by molar-refractivity contribution is 6.46. The molecule has 1 aliphatic heterocycles. The molecule has 2 heterocycles. The number of likely N-dealkylation sites (tertiary alicyclic amines) is 1. The van der Waals surface area contributed by atoms with E-state index in [1.165, 1.54) is 4.90 Å². The van der Waals surface area contributed by atoms with Crippen molar-refractivity contribution in [1.82, 2.24) is 9.88 Å². The van der Waals surface area contributed by atoms with E-state index in [0.29, 0.717) is 21.9 Å². The van der Waals surface area contributed by atoms with E-state index >= 15 is 0 Å². The van der Waals surface area contributed by atoms with Gasteiger partial charge >= 0.3 is 0 Å². The van der Waals surface area contributed by atoms with Gasteiger partial charge < -0.3 is 14.7 Å². The van der Waals surface area contributed by atoms with Crippen molar-refractivity contribution < 1.29 is 19.4 Å². The van der Waals surface area contributed by atoms with Gasteiger partial charge in [-0.25, -0.2) is 0 Å². The number of nitrogens with zero attached hydrogens (tertiary/aromatic N) is 2. The summed E-state index contributed by atoms with van der Waals surface area (Å²) in [5, 5.41) is 11.8. The maximum absolute atomic E-state index is 13.2. The van der Waals surface area contributed by atoms with Gasteiger partial charge in [0.1, 0.15) is 11.5 Å². The molecular weight excluding hydrogens is 475 g/mol. The molecule has 0 bridgehead atoms. The van der Waals surface area contributed by atoms with Crippen LogP contribution in [0.2, 0.25) is 10.0 Å². The third kappa shape index (κ3) is 4.79. The van der Waals surface area contributed by atoms with Crippen LogP contribution in [0.4, 0.5) is 0 Å². The van der Waals surface area contributed by atoms with E-state index in [1.54, 1.807) is 60.9 Å². The Balaban J connectivity index is 1.82. The van der Waals surface area contributed by atoms with Crippen molar-refractivity contribution >= 4 is 40.7 Å². The summed E-state index contributed by atoms with van der Waals surface area (Å²) in [5.41, 5.74) is 1.66. The summed E-state index contributed by atoms with van der Waals surface area (Å²) < 4.78 is 5.65. The molecule has 34 heavy (non-hydrogen) atoms. The van der Waals surface area contributed by atoms with Gasteiger partial charge in [-0.3, -0.25) is 14.6 Å². The Morgan fingerprint density at radius 3 is 2.44 bits per heavy atom. The Morgan fingerprint density at radius 1 is 1.09 bits per heavy atom. The van der Waals surface area contributed by atoms with Gasteiger partial charge in [0, 0.05) is 24.5 Å². The first-order valence-electron chi connectivity index (χ1n) is 10.7. The van der Waals surface area contributed by atoms with Crippen molar-refractivity contribution in [3.05, 3.63) is 99.3 Å². The zero-order valence-electron chi connectivity index (χ0n) is 18.5. The van der Waals surface area contributed by atoms with Crippen LogP contribution < -0.4 is 4.74 Å². The topological polar surface area (TPSA) is 79.7 Å². The Kier molecular flexibility index (Phi) is 6.91. The molecule has 1 amide bonds. The van der Waals surface area contributed by atoms with Crippen LogP contribution in [0.1, 0.15) is 36.6 Å². The molecule has 8 heteroatoms. The highest BCUT2D eigenvalue weighted by atomic mass is 35.5. The van der Waals surface area contributed by atoms with Crippen LogP contribution in [0, 0.1) is 0 Å². The second-order valence-corrected chi connectivity index (χ2v) is 8.97. The van der Waals surface area contributed by atoms with Gasteiger partial charge in [0.15, 0.2) is 0 Å². The smallest absolute Gasteiger partial charge is 0.295 e. The Bertz CT molecular complexity index is 1260. The van der Waals surface area contributed by atoms with Gasteiger partial charge in [0.2, 0.25) is 0 Å². The number of aliphatic hydroxyl groups excluding tert-OH is 1. The molecule has 3 aromatic rings. The van der Waals surface area contributed by atoms with Crippen LogP contribution in [0.25, 0.3) is 5.76 Å². The van der Waals surface area contributed by atoms with Crippen molar-refractivity contribution in [2.24, 2.45) is 0 Å². The summed E-state index contributed by atoms with van der Waals surface area (Å²) in [6, 6.07) is 14.3. The van der Waals surface area contributed by atoms with Crippen molar-refractivity contribution in [3.8, 4) is 5.75 Å². The number of pyridine rings is 1. The molecule has 174 valence electrons. The van der Waals surface area contributed by atoms with E-state index < -0.39 is 17.7 Å². The zero-order chi connectivity index (χ0) is 24.4. The molecule has 0 saturated carbocycles. The SMILES string of the molecule is CC(C)Oc1ccc(/C(O)=C2\C(=O)C(=O)N(Cc3cccnc3)[C@H]2c2ccc(Cl)c(Cl)c2)cc1. The lowest BCUT2D eigenvalue weighted by molar-refractivity contribution is -0.140. The predicted octanol–water partition coefficient (Wildman–Crippen LogP) is 5.80. The third-order valence-corrected chi connectivity index (χ3v) is 6.11. The standard InChI is InChI=1S/C26H22Cl2N2O4/c1-15(2)34-19-8-5-17(6-9-19)24(31)22-23(18-7-10-20(27)21(28)12-18)30(26(33)25(22)32)14-16-4-3-11-29-13-16/h3-13,15,23,31H,14H2,1-2H3/b24-22+/t23-/m0/s1. The average molecular weight is 497 g/mol. The minimum Gasteiger partial charge on any atom is -0.507 e. The summed E-state index contributed by atoms with van der Waals surface area (Å²) in [5.74, 6) is -1.15. The molecule has 1 atom stereocenters. The number of benzene rings is 2. The predicted molar refractivity (Wildman–Crippen MR) is 131 cm³/mol. The molecule has 1 aromatic heterocycles. The first-order valence-corrected chi connectivity index (χ1v) is 11.4. The number of aromatic nitrogens is 1. The summed E-state index contributed by atoms with van der Waals surface area (Å²) >= 11 is 12.3. The molecule has 0 aliphatic carbocycles. The van der Waals surface area contributed by atoms with Gasteiger partial charge in [-0.1, -0.05) is 35.3 Å². The molecule has 4 rings (SSSR count). The van der Waals surface area contributed by atoms with E-state index in [1.807, 2.05) is 19.9 Å². The lowest BCUT2D eigenvalue weighted by Gasteiger charge is -2.25. The van der Waals surface area contributed by atoms with Crippen LogP contribution in [-0.2, 0) is 16.1 Å². The molecule has 1 saturated heterocycles. The number of carbonyl (C=O) groups is 2. The van der Waals surface area contributed by atoms with E-state index in [-0.39, 0.29) is 29.0 Å². The third-order valence-electron chi connectivity index (χ3n) is 5.37. The molecule has 1 fully saturated rings. The Labute approximate surface area is 207 Å². The number of amides is 1. The fourth-order valence-corrected chi connectivity index (χ4v) is 4.19. The molecule has 1 aliphatic rings. The molecule has 1 N–H and O–H groups in total. The average Bonchev–Trinajstić information content (AvgIpc) is 3.06. The van der Waals surface area contributed by atoms with Crippen molar-refractivity contribution in [2.45, 2.75) is 32.5 Å². The fraction of sp³-hybridized carbons (Fsp3) is 0.192. The maximum atomic E-state index is 13.2. The van der Waals surface area contributed by atoms with Crippen LogP contribution in [0.3, 0.4) is 0 Å². The van der Waals surface area contributed by atoms with Crippen LogP contribution in [-0.4, -0.2) is 32.8 Å². The quantitative estimate of drug-likeness (QED) is 0.265. The van der Waals surface area contributed by atoms with Crippen molar-refractivity contribution in [1.29, 1.82) is 0 Å². The molecule has 0 unspecified atom stereocenters. The minimum absolute atomic E-state index is 0.00750. The molecular formula is C26H22Cl2N2O4. The normalized spacial score (nSPS) is 17.4. The minimum atomic E-state index is -0.860. The number of hydrogen-bond acceptors (Lipinski definition) is 5. The molecule has 0 radical (unpaired) electrons. The van der Waals surface area contributed by atoms with E-state index in [9.17, 15) is 14.7 Å². The second-order valence-electron chi connectivity index (χ2n) is 8.15. The van der Waals surface area contributed by atoms with Crippen molar-refractivity contribution in [3.63, 3.8) is 0 Å². The van der Waals surface area contributed by atoms with Crippen LogP contribution in [0.5, 0.6) is 5.75 Å². The monoisotopic (exact) mass is 496 g/mol. The molecule has 2 aromatic carbocycles. The van der Waals surface area contributed by atoms with E-state index in [2.05, 4.69) is 4.98 Å². The number of ether oxygens (including phenoxy) is 1. The number of Topliss-reactive ketones (excluding diaryl/α,β-unsaturated/α-hetero) is 1. The number of hydrogen-bond donors (Lipinski definition) is 1. The number of ketones is 1. The first kappa shape index (κ1) is 23.8. The lowest BCUT2D eigenvalue weighted by Crippen LogP contribution is -2.29. The maximum Gasteiger partial charge on any atom is 0.295 e. The van der Waals surface area contributed by atoms with E-state index in [0.717, 1.165) is 5.56 Å². The number of rotatable bonds is 6. The molecule has 0 spiro atoms. The van der Waals surface area contributed by atoms with Gasteiger partial charge in [0.25, 0.3) is 11.7 Å². The number of aliphatic hydroxyl groups is 1. The second kappa shape index (κ2) is 9.87. The summed E-state index contributed by atoms with van der Waals surface area (Å²) in [7, 11) is 0. The molecule has 6 nitrogen and oxygen atoms in total. The number of carbonyl (C=O) groups excluding carboxylic acids is 2. The van der Waals surface area contributed by atoms with Gasteiger partial charge in [0.05, 0.1) is 27.8 Å². The highest BCUT2D eigenvalue weighted by Crippen LogP contribution is 2.41.